The highest BCUT2D eigenvalue weighted by atomic mass is 16.4. The van der Waals surface area contributed by atoms with Gasteiger partial charge in [0.15, 0.2) is 0 Å². The molecule has 0 bridgehead atoms. The Kier molecular flexibility index (Phi) is 9.57. The normalized spacial score (nSPS) is 17.4. The molecule has 1 heterocycles. The fourth-order valence-electron chi connectivity index (χ4n) is 3.22. The first-order valence-corrected chi connectivity index (χ1v) is 9.11. The maximum absolute atomic E-state index is 12.3. The monoisotopic (exact) mass is 325 g/mol. The molecule has 1 aliphatic heterocycles. The van der Waals surface area contributed by atoms with Crippen LogP contribution in [0.2, 0.25) is 0 Å². The number of likely N-dealkylation sites (tertiary alicyclic amines) is 1. The van der Waals surface area contributed by atoms with E-state index in [-0.39, 0.29) is 24.2 Å². The fourth-order valence-corrected chi connectivity index (χ4v) is 3.22. The molecule has 132 valence electrons. The lowest BCUT2D eigenvalue weighted by atomic mass is 10.0. The highest BCUT2D eigenvalue weighted by molar-refractivity contribution is 6.36. The van der Waals surface area contributed by atoms with E-state index in [1.807, 2.05) is 0 Å². The Balaban J connectivity index is 2.25. The van der Waals surface area contributed by atoms with E-state index in [2.05, 4.69) is 6.92 Å². The van der Waals surface area contributed by atoms with E-state index in [9.17, 15) is 14.4 Å². The number of carbonyl (C=O) groups excluding carboxylic acids is 2. The van der Waals surface area contributed by atoms with Crippen molar-refractivity contribution in [2.75, 3.05) is 6.54 Å². The standard InChI is InChI=1S/C18H31NO4/c1-2-3-6-12-16(20)18(23)19-14-9-11-15(19)10-7-4-5-8-13-17(21)22/h15H,2-14H2,1H3,(H,21,22)/t15-/m0/s1. The van der Waals surface area contributed by atoms with Crippen LogP contribution in [0.25, 0.3) is 0 Å². The first-order chi connectivity index (χ1) is 11.1. The lowest BCUT2D eigenvalue weighted by Gasteiger charge is -2.24. The number of carboxylic acids is 1. The van der Waals surface area contributed by atoms with E-state index in [4.69, 9.17) is 5.11 Å². The number of carbonyl (C=O) groups is 3. The topological polar surface area (TPSA) is 74.7 Å². The second kappa shape index (κ2) is 11.2. The number of amides is 1. The third kappa shape index (κ3) is 7.62. The molecule has 0 spiro atoms. The maximum atomic E-state index is 12.3. The van der Waals surface area contributed by atoms with E-state index in [1.54, 1.807) is 4.90 Å². The molecular weight excluding hydrogens is 294 g/mol. The van der Waals surface area contributed by atoms with Gasteiger partial charge in [-0.3, -0.25) is 14.4 Å². The summed E-state index contributed by atoms with van der Waals surface area (Å²) in [4.78, 5) is 36.5. The highest BCUT2D eigenvalue weighted by Crippen LogP contribution is 2.23. The minimum atomic E-state index is -0.737. The summed E-state index contributed by atoms with van der Waals surface area (Å²) >= 11 is 0. The van der Waals surface area contributed by atoms with Gasteiger partial charge < -0.3 is 10.0 Å². The number of aliphatic carboxylic acids is 1. The molecular formula is C18H31NO4. The van der Waals surface area contributed by atoms with Crippen LogP contribution in [0.3, 0.4) is 0 Å². The molecule has 5 heteroatoms. The van der Waals surface area contributed by atoms with Gasteiger partial charge in [-0.25, -0.2) is 0 Å². The molecule has 23 heavy (non-hydrogen) atoms. The van der Waals surface area contributed by atoms with Gasteiger partial charge in [0.2, 0.25) is 5.78 Å². The van der Waals surface area contributed by atoms with Crippen molar-refractivity contribution >= 4 is 17.7 Å². The maximum Gasteiger partial charge on any atom is 0.303 e. The average Bonchev–Trinajstić information content (AvgIpc) is 2.98. The molecule has 1 atom stereocenters. The zero-order chi connectivity index (χ0) is 17.1. The van der Waals surface area contributed by atoms with Crippen LogP contribution in [-0.2, 0) is 14.4 Å². The van der Waals surface area contributed by atoms with Crippen molar-refractivity contribution in [3.8, 4) is 0 Å². The smallest absolute Gasteiger partial charge is 0.303 e. The minimum Gasteiger partial charge on any atom is -0.481 e. The number of rotatable bonds is 12. The summed E-state index contributed by atoms with van der Waals surface area (Å²) in [6.07, 6.45) is 10.0. The molecule has 0 radical (unpaired) electrons. The molecule has 0 unspecified atom stereocenters. The summed E-state index contributed by atoms with van der Waals surface area (Å²) in [7, 11) is 0. The largest absolute Gasteiger partial charge is 0.481 e. The van der Waals surface area contributed by atoms with Crippen LogP contribution >= 0.6 is 0 Å². The Hall–Kier alpha value is -1.39. The first-order valence-electron chi connectivity index (χ1n) is 9.11. The van der Waals surface area contributed by atoms with Crippen molar-refractivity contribution in [2.24, 2.45) is 0 Å². The number of ketones is 1. The number of nitrogens with zero attached hydrogens (tertiary/aromatic N) is 1. The van der Waals surface area contributed by atoms with E-state index in [1.165, 1.54) is 0 Å². The van der Waals surface area contributed by atoms with Gasteiger partial charge in [0.1, 0.15) is 0 Å². The molecule has 0 saturated carbocycles. The summed E-state index contributed by atoms with van der Waals surface area (Å²) in [6, 6.07) is 0.206. The molecule has 0 aromatic rings. The molecule has 1 saturated heterocycles. The van der Waals surface area contributed by atoms with Crippen LogP contribution in [0.5, 0.6) is 0 Å². The van der Waals surface area contributed by atoms with Crippen molar-refractivity contribution in [2.45, 2.75) is 90.0 Å². The Labute approximate surface area is 139 Å². The second-order valence-corrected chi connectivity index (χ2v) is 6.52. The van der Waals surface area contributed by atoms with Crippen molar-refractivity contribution < 1.29 is 19.5 Å². The Bertz CT molecular complexity index is 394. The number of hydrogen-bond acceptors (Lipinski definition) is 3. The summed E-state index contributed by atoms with van der Waals surface area (Å²) < 4.78 is 0. The van der Waals surface area contributed by atoms with Crippen molar-refractivity contribution in [3.63, 3.8) is 0 Å². The Morgan fingerprint density at radius 2 is 1.70 bits per heavy atom. The minimum absolute atomic E-state index is 0.206. The van der Waals surface area contributed by atoms with Gasteiger partial charge in [0.25, 0.3) is 5.91 Å². The van der Waals surface area contributed by atoms with Crippen LogP contribution in [-0.4, -0.2) is 40.3 Å². The number of carboxylic acid groups (broad SMARTS) is 1. The van der Waals surface area contributed by atoms with Crippen LogP contribution in [0.4, 0.5) is 0 Å². The summed E-state index contributed by atoms with van der Waals surface area (Å²) in [5.74, 6) is -1.25. The van der Waals surface area contributed by atoms with Gasteiger partial charge in [0, 0.05) is 25.4 Å². The molecule has 1 aliphatic rings. The van der Waals surface area contributed by atoms with Crippen molar-refractivity contribution in [1.82, 2.24) is 4.90 Å². The van der Waals surface area contributed by atoms with Crippen molar-refractivity contribution in [1.29, 1.82) is 0 Å². The molecule has 5 nitrogen and oxygen atoms in total. The van der Waals surface area contributed by atoms with Gasteiger partial charge >= 0.3 is 5.97 Å². The van der Waals surface area contributed by atoms with Gasteiger partial charge in [-0.15, -0.1) is 0 Å². The summed E-state index contributed by atoms with van der Waals surface area (Å²) in [6.45, 7) is 2.79. The van der Waals surface area contributed by atoms with E-state index < -0.39 is 5.97 Å². The van der Waals surface area contributed by atoms with E-state index in [0.29, 0.717) is 13.0 Å². The first kappa shape index (κ1) is 19.7. The average molecular weight is 325 g/mol. The van der Waals surface area contributed by atoms with Crippen LogP contribution < -0.4 is 0 Å². The third-order valence-electron chi connectivity index (χ3n) is 4.56. The van der Waals surface area contributed by atoms with E-state index >= 15 is 0 Å². The van der Waals surface area contributed by atoms with Gasteiger partial charge in [-0.1, -0.05) is 39.0 Å². The van der Waals surface area contributed by atoms with Gasteiger partial charge in [0.05, 0.1) is 0 Å². The second-order valence-electron chi connectivity index (χ2n) is 6.52. The molecule has 1 fully saturated rings. The van der Waals surface area contributed by atoms with Gasteiger partial charge in [-0.05, 0) is 32.1 Å². The lowest BCUT2D eigenvalue weighted by Crippen LogP contribution is -2.40. The molecule has 0 aromatic carbocycles. The van der Waals surface area contributed by atoms with Crippen LogP contribution in [0.15, 0.2) is 0 Å². The molecule has 0 aliphatic carbocycles. The number of Topliss-reactive ketones (excluding diaryl/α,β-unsaturated/α-hetero) is 1. The van der Waals surface area contributed by atoms with Crippen molar-refractivity contribution in [3.05, 3.63) is 0 Å². The zero-order valence-electron chi connectivity index (χ0n) is 14.4. The third-order valence-corrected chi connectivity index (χ3v) is 4.56. The lowest BCUT2D eigenvalue weighted by molar-refractivity contribution is -0.145. The van der Waals surface area contributed by atoms with E-state index in [0.717, 1.165) is 64.2 Å². The molecule has 1 amide bonds. The SMILES string of the molecule is CCCCCC(=O)C(=O)N1CCC[C@@H]1CCCCCCC(=O)O. The number of hydrogen-bond donors (Lipinski definition) is 1. The fraction of sp³-hybridized carbons (Fsp3) is 0.833. The summed E-state index contributed by atoms with van der Waals surface area (Å²) in [5.41, 5.74) is 0. The number of unbranched alkanes of at least 4 members (excludes halogenated alkanes) is 5. The predicted octanol–water partition coefficient (Wildman–Crippen LogP) is 3.55. The van der Waals surface area contributed by atoms with Crippen LogP contribution in [0.1, 0.15) is 84.0 Å². The van der Waals surface area contributed by atoms with Gasteiger partial charge in [-0.2, -0.15) is 0 Å². The Morgan fingerprint density at radius 1 is 1.00 bits per heavy atom. The predicted molar refractivity (Wildman–Crippen MR) is 89.2 cm³/mol. The highest BCUT2D eigenvalue weighted by Gasteiger charge is 2.31. The quantitative estimate of drug-likeness (QED) is 0.440. The molecule has 1 N–H and O–H groups in total. The Morgan fingerprint density at radius 3 is 2.39 bits per heavy atom. The molecule has 1 rings (SSSR count). The van der Waals surface area contributed by atoms with Crippen LogP contribution in [0, 0.1) is 0 Å². The summed E-state index contributed by atoms with van der Waals surface area (Å²) in [5, 5.41) is 8.59. The zero-order valence-corrected chi connectivity index (χ0v) is 14.4. The molecule has 0 aromatic heterocycles.